The quantitative estimate of drug-likeness (QED) is 0.674. The molecule has 3 rings (SSSR count). The van der Waals surface area contributed by atoms with Crippen LogP contribution in [-0.4, -0.2) is 17.5 Å². The van der Waals surface area contributed by atoms with Gasteiger partial charge in [-0.15, -0.1) is 0 Å². The lowest BCUT2D eigenvalue weighted by molar-refractivity contribution is 0.248. The zero-order valence-electron chi connectivity index (χ0n) is 9.45. The fraction of sp³-hybridized carbons (Fsp3) is 0.571. The minimum atomic E-state index is 0.720. The molecule has 0 aliphatic carbocycles. The third-order valence-corrected chi connectivity index (χ3v) is 4.06. The maximum Gasteiger partial charge on any atom is 0.0351 e. The molecule has 2 fully saturated rings. The second-order valence-corrected chi connectivity index (χ2v) is 5.04. The van der Waals surface area contributed by atoms with Gasteiger partial charge in [-0.25, -0.2) is 0 Å². The van der Waals surface area contributed by atoms with Gasteiger partial charge in [0.2, 0.25) is 0 Å². The summed E-state index contributed by atoms with van der Waals surface area (Å²) in [5.74, 6) is 0. The van der Waals surface area contributed by atoms with Crippen LogP contribution in [0.1, 0.15) is 42.9 Å². The lowest BCUT2D eigenvalue weighted by atomic mass is 10.0. The van der Waals surface area contributed by atoms with E-state index in [1.165, 1.54) is 43.4 Å². The third-order valence-electron chi connectivity index (χ3n) is 4.06. The molecule has 1 heteroatoms. The van der Waals surface area contributed by atoms with Crippen molar-refractivity contribution in [2.75, 3.05) is 6.54 Å². The number of rotatable bonds is 1. The van der Waals surface area contributed by atoms with Crippen molar-refractivity contribution in [2.45, 2.75) is 44.7 Å². The van der Waals surface area contributed by atoms with Crippen molar-refractivity contribution in [3.05, 3.63) is 35.4 Å². The number of nitrogens with zero attached hydrogens (tertiary/aromatic N) is 1. The average Bonchev–Trinajstić information content (AvgIpc) is 2.80. The van der Waals surface area contributed by atoms with Crippen LogP contribution in [0.3, 0.4) is 0 Å². The minimum absolute atomic E-state index is 0.720. The Hall–Kier alpha value is -0.820. The molecule has 0 amide bonds. The molecule has 1 aromatic rings. The van der Waals surface area contributed by atoms with Gasteiger partial charge in [-0.1, -0.05) is 29.8 Å². The summed E-state index contributed by atoms with van der Waals surface area (Å²) in [4.78, 5) is 2.73. The second-order valence-electron chi connectivity index (χ2n) is 5.04. The summed E-state index contributed by atoms with van der Waals surface area (Å²) >= 11 is 0. The minimum Gasteiger partial charge on any atom is -0.293 e. The first-order valence-electron chi connectivity index (χ1n) is 6.17. The van der Waals surface area contributed by atoms with E-state index < -0.39 is 0 Å². The molecule has 0 radical (unpaired) electrons. The van der Waals surface area contributed by atoms with Crippen LogP contribution in [-0.2, 0) is 0 Å². The first-order chi connectivity index (χ1) is 7.34. The van der Waals surface area contributed by atoms with Gasteiger partial charge in [-0.05, 0) is 44.7 Å². The maximum absolute atomic E-state index is 2.73. The van der Waals surface area contributed by atoms with Crippen molar-refractivity contribution in [2.24, 2.45) is 0 Å². The smallest absolute Gasteiger partial charge is 0.0351 e. The van der Waals surface area contributed by atoms with Gasteiger partial charge in [0.25, 0.3) is 0 Å². The van der Waals surface area contributed by atoms with E-state index in [4.69, 9.17) is 0 Å². The third kappa shape index (κ3) is 1.59. The van der Waals surface area contributed by atoms with E-state index >= 15 is 0 Å². The van der Waals surface area contributed by atoms with Gasteiger partial charge in [0.1, 0.15) is 0 Å². The second kappa shape index (κ2) is 3.64. The molecule has 15 heavy (non-hydrogen) atoms. The number of benzene rings is 1. The largest absolute Gasteiger partial charge is 0.293 e. The molecular formula is C14H19N. The summed E-state index contributed by atoms with van der Waals surface area (Å²) in [5.41, 5.74) is 2.90. The molecule has 2 heterocycles. The number of hydrogen-bond acceptors (Lipinski definition) is 1. The lowest BCUT2D eigenvalue weighted by Gasteiger charge is -2.24. The van der Waals surface area contributed by atoms with E-state index in [2.05, 4.69) is 36.1 Å². The van der Waals surface area contributed by atoms with E-state index in [-0.39, 0.29) is 0 Å². The molecule has 2 aliphatic rings. The molecule has 0 saturated carbocycles. The van der Waals surface area contributed by atoms with E-state index in [0.29, 0.717) is 0 Å². The number of fused-ring (bicyclic) bond motifs is 1. The summed E-state index contributed by atoms with van der Waals surface area (Å²) in [5, 5.41) is 0. The molecule has 0 bridgehead atoms. The lowest BCUT2D eigenvalue weighted by Crippen LogP contribution is -2.25. The molecule has 2 aliphatic heterocycles. The summed E-state index contributed by atoms with van der Waals surface area (Å²) in [6.07, 6.45) is 5.63. The Morgan fingerprint density at radius 3 is 2.67 bits per heavy atom. The van der Waals surface area contributed by atoms with E-state index in [9.17, 15) is 0 Å². The van der Waals surface area contributed by atoms with Crippen LogP contribution in [0.2, 0.25) is 0 Å². The van der Waals surface area contributed by atoms with Crippen molar-refractivity contribution < 1.29 is 0 Å². The molecule has 0 aromatic heterocycles. The van der Waals surface area contributed by atoms with Crippen LogP contribution in [0.25, 0.3) is 0 Å². The summed E-state index contributed by atoms with van der Waals surface area (Å²) in [6, 6.07) is 10.8. The Morgan fingerprint density at radius 2 is 1.87 bits per heavy atom. The van der Waals surface area contributed by atoms with Crippen LogP contribution in [0.5, 0.6) is 0 Å². The van der Waals surface area contributed by atoms with Gasteiger partial charge in [0.05, 0.1) is 0 Å². The molecule has 0 N–H and O–H groups in total. The fourth-order valence-corrected chi connectivity index (χ4v) is 3.24. The van der Waals surface area contributed by atoms with Gasteiger partial charge < -0.3 is 0 Å². The zero-order chi connectivity index (χ0) is 10.3. The predicted octanol–water partition coefficient (Wildman–Crippen LogP) is 3.29. The summed E-state index contributed by atoms with van der Waals surface area (Å²) in [6.45, 7) is 3.49. The molecule has 80 valence electrons. The van der Waals surface area contributed by atoms with Crippen molar-refractivity contribution in [1.29, 1.82) is 0 Å². The van der Waals surface area contributed by atoms with Gasteiger partial charge in [0.15, 0.2) is 0 Å². The Labute approximate surface area is 92.1 Å². The number of aryl methyl sites for hydroxylation is 1. The van der Waals surface area contributed by atoms with E-state index in [0.717, 1.165) is 12.1 Å². The average molecular weight is 201 g/mol. The first-order valence-corrected chi connectivity index (χ1v) is 6.17. The van der Waals surface area contributed by atoms with Crippen LogP contribution in [0.15, 0.2) is 24.3 Å². The van der Waals surface area contributed by atoms with Crippen molar-refractivity contribution in [3.63, 3.8) is 0 Å². The predicted molar refractivity (Wildman–Crippen MR) is 62.9 cm³/mol. The molecular weight excluding hydrogens is 182 g/mol. The molecule has 1 aromatic carbocycles. The standard InChI is InChI=1S/C14H19N/c1-11-4-6-12(7-5-11)14-9-8-13-3-2-10-15(13)14/h4-7,13-14H,2-3,8-10H2,1H3. The van der Waals surface area contributed by atoms with Gasteiger partial charge in [-0.3, -0.25) is 4.90 Å². The highest BCUT2D eigenvalue weighted by Crippen LogP contribution is 2.41. The molecule has 0 spiro atoms. The monoisotopic (exact) mass is 201 g/mol. The molecule has 2 atom stereocenters. The van der Waals surface area contributed by atoms with E-state index in [1.54, 1.807) is 0 Å². The SMILES string of the molecule is Cc1ccc(C2CCC3CCCN32)cc1. The van der Waals surface area contributed by atoms with Crippen molar-refractivity contribution >= 4 is 0 Å². The normalized spacial score (nSPS) is 30.7. The van der Waals surface area contributed by atoms with Crippen LogP contribution in [0, 0.1) is 6.92 Å². The highest BCUT2D eigenvalue weighted by Gasteiger charge is 2.36. The van der Waals surface area contributed by atoms with Crippen LogP contribution < -0.4 is 0 Å². The zero-order valence-corrected chi connectivity index (χ0v) is 9.45. The van der Waals surface area contributed by atoms with Gasteiger partial charge >= 0.3 is 0 Å². The molecule has 1 nitrogen and oxygen atoms in total. The Kier molecular flexibility index (Phi) is 2.28. The Balaban J connectivity index is 1.85. The molecule has 2 unspecified atom stereocenters. The summed E-state index contributed by atoms with van der Waals surface area (Å²) < 4.78 is 0. The highest BCUT2D eigenvalue weighted by atomic mass is 15.2. The van der Waals surface area contributed by atoms with Crippen LogP contribution >= 0.6 is 0 Å². The summed E-state index contributed by atoms with van der Waals surface area (Å²) in [7, 11) is 0. The Morgan fingerprint density at radius 1 is 1.07 bits per heavy atom. The maximum atomic E-state index is 2.73. The van der Waals surface area contributed by atoms with Gasteiger partial charge in [0, 0.05) is 12.1 Å². The Bertz CT molecular complexity index is 341. The highest BCUT2D eigenvalue weighted by molar-refractivity contribution is 5.25. The first kappa shape index (κ1) is 9.41. The van der Waals surface area contributed by atoms with Crippen LogP contribution in [0.4, 0.5) is 0 Å². The molecule has 2 saturated heterocycles. The van der Waals surface area contributed by atoms with Crippen molar-refractivity contribution in [1.82, 2.24) is 4.90 Å². The number of hydrogen-bond donors (Lipinski definition) is 0. The van der Waals surface area contributed by atoms with Crippen molar-refractivity contribution in [3.8, 4) is 0 Å². The fourth-order valence-electron chi connectivity index (χ4n) is 3.24. The van der Waals surface area contributed by atoms with E-state index in [1.807, 2.05) is 0 Å². The topological polar surface area (TPSA) is 3.24 Å². The van der Waals surface area contributed by atoms with Gasteiger partial charge in [-0.2, -0.15) is 0 Å².